The number of hydrogen-bond acceptors (Lipinski definition) is 0. The highest BCUT2D eigenvalue weighted by molar-refractivity contribution is 6.77. The van der Waals surface area contributed by atoms with Crippen molar-refractivity contribution in [2.75, 3.05) is 0 Å². The van der Waals surface area contributed by atoms with Crippen molar-refractivity contribution >= 4 is 13.6 Å². The van der Waals surface area contributed by atoms with E-state index in [4.69, 9.17) is 0 Å². The summed E-state index contributed by atoms with van der Waals surface area (Å²) in [5.41, 5.74) is 2.01. The number of alkyl halides is 3. The molecule has 0 aliphatic heterocycles. The molecule has 4 heteroatoms. The second-order valence-electron chi connectivity index (χ2n) is 7.63. The minimum absolute atomic E-state index is 0.0160. The van der Waals surface area contributed by atoms with Crippen LogP contribution in [0.25, 0.3) is 0 Å². The van der Waals surface area contributed by atoms with Crippen LogP contribution in [0.1, 0.15) is 71.6 Å². The van der Waals surface area contributed by atoms with E-state index in [0.29, 0.717) is 11.6 Å². The molecule has 0 saturated carbocycles. The standard InChI is InChI=1S/C23H33F3Si/c1-3-5-7-8-9-10-13-19-17-21(20-14-11-12-15-20)22(18-19)27(16-6-4-2)23(24,25)26/h11-12,14-15,17-18,20H,3-10,13,16H2,1-2H3. The Labute approximate surface area is 164 Å². The predicted octanol–water partition coefficient (Wildman–Crippen LogP) is 7.50. The van der Waals surface area contributed by atoms with Gasteiger partial charge in [-0.1, -0.05) is 95.2 Å². The molecule has 150 valence electrons. The van der Waals surface area contributed by atoms with Gasteiger partial charge < -0.3 is 0 Å². The maximum absolute atomic E-state index is 13.8. The van der Waals surface area contributed by atoms with Crippen molar-refractivity contribution in [3.8, 4) is 0 Å². The molecule has 2 rings (SSSR count). The summed E-state index contributed by atoms with van der Waals surface area (Å²) < 4.78 is 41.5. The van der Waals surface area contributed by atoms with E-state index in [1.165, 1.54) is 32.1 Å². The lowest BCUT2D eigenvalue weighted by Crippen LogP contribution is -2.33. The van der Waals surface area contributed by atoms with Crippen molar-refractivity contribution in [2.45, 2.75) is 83.5 Å². The Morgan fingerprint density at radius 2 is 1.48 bits per heavy atom. The molecule has 0 saturated heterocycles. The van der Waals surface area contributed by atoms with Gasteiger partial charge in [0.05, 0.1) is 0 Å². The average molecular weight is 395 g/mol. The maximum atomic E-state index is 13.8. The van der Waals surface area contributed by atoms with Gasteiger partial charge >= 0.3 is 5.80 Å². The minimum Gasteiger partial charge on any atom is -0.173 e. The van der Waals surface area contributed by atoms with Crippen LogP contribution in [0.3, 0.4) is 0 Å². The lowest BCUT2D eigenvalue weighted by atomic mass is 9.99. The average Bonchev–Trinajstić information content (AvgIpc) is 3.27. The van der Waals surface area contributed by atoms with Gasteiger partial charge in [-0.15, -0.1) is 0 Å². The summed E-state index contributed by atoms with van der Waals surface area (Å²) in [6.07, 6.45) is 21.5. The molecule has 0 heterocycles. The van der Waals surface area contributed by atoms with Crippen LogP contribution in [0, 0.1) is 5.92 Å². The fourth-order valence-electron chi connectivity index (χ4n) is 3.80. The van der Waals surface area contributed by atoms with Gasteiger partial charge in [-0.25, -0.2) is 0 Å². The monoisotopic (exact) mass is 394 g/mol. The lowest BCUT2D eigenvalue weighted by molar-refractivity contribution is -0.0485. The summed E-state index contributed by atoms with van der Waals surface area (Å²) in [6, 6.07) is 0.290. The molecule has 0 bridgehead atoms. The lowest BCUT2D eigenvalue weighted by Gasteiger charge is -2.17. The highest BCUT2D eigenvalue weighted by Crippen LogP contribution is 2.32. The Morgan fingerprint density at radius 1 is 0.852 bits per heavy atom. The number of rotatable bonds is 11. The van der Waals surface area contributed by atoms with Gasteiger partial charge in [0.2, 0.25) is 0 Å². The molecule has 0 aromatic carbocycles. The van der Waals surface area contributed by atoms with E-state index in [1.54, 1.807) is 0 Å². The van der Waals surface area contributed by atoms with Gasteiger partial charge in [-0.05, 0) is 35.2 Å². The first kappa shape index (κ1) is 22.1. The van der Waals surface area contributed by atoms with Crippen LogP contribution in [-0.4, -0.2) is 19.4 Å². The zero-order chi connectivity index (χ0) is 19.7. The summed E-state index contributed by atoms with van der Waals surface area (Å²) in [6.45, 7) is 4.17. The van der Waals surface area contributed by atoms with E-state index >= 15 is 0 Å². The fourth-order valence-corrected chi connectivity index (χ4v) is 6.31. The molecule has 0 radical (unpaired) electrons. The predicted molar refractivity (Wildman–Crippen MR) is 112 cm³/mol. The smallest absolute Gasteiger partial charge is 0.173 e. The van der Waals surface area contributed by atoms with Gasteiger partial charge in [-0.2, -0.15) is 13.2 Å². The minimum atomic E-state index is -4.08. The summed E-state index contributed by atoms with van der Waals surface area (Å²) >= 11 is 0. The summed E-state index contributed by atoms with van der Waals surface area (Å²) in [5, 5.41) is 0.614. The summed E-state index contributed by atoms with van der Waals surface area (Å²) in [7, 11) is -2.56. The van der Waals surface area contributed by atoms with Crippen LogP contribution >= 0.6 is 0 Å². The second kappa shape index (κ2) is 11.0. The maximum Gasteiger partial charge on any atom is 0.378 e. The molecule has 27 heavy (non-hydrogen) atoms. The first-order chi connectivity index (χ1) is 13.0. The van der Waals surface area contributed by atoms with Gasteiger partial charge in [0.15, 0.2) is 8.41 Å². The van der Waals surface area contributed by atoms with E-state index in [2.05, 4.69) is 13.0 Å². The van der Waals surface area contributed by atoms with Crippen LogP contribution < -0.4 is 0 Å². The van der Waals surface area contributed by atoms with Gasteiger partial charge in [0.25, 0.3) is 0 Å². The van der Waals surface area contributed by atoms with Crippen molar-refractivity contribution in [3.05, 3.63) is 47.6 Å². The highest BCUT2D eigenvalue weighted by atomic mass is 28.2. The van der Waals surface area contributed by atoms with Crippen LogP contribution in [-0.2, 0) is 0 Å². The molecule has 0 nitrogen and oxygen atoms in total. The number of allylic oxidation sites excluding steroid dienone is 8. The first-order valence-electron chi connectivity index (χ1n) is 10.5. The van der Waals surface area contributed by atoms with E-state index in [1.807, 2.05) is 37.3 Å². The number of halogens is 3. The molecule has 0 aromatic rings. The van der Waals surface area contributed by atoms with Gasteiger partial charge in [0.1, 0.15) is 0 Å². The molecule has 2 aliphatic rings. The molecule has 0 spiro atoms. The third-order valence-electron chi connectivity index (χ3n) is 5.36. The largest absolute Gasteiger partial charge is 0.378 e. The Kier molecular flexibility index (Phi) is 9.01. The van der Waals surface area contributed by atoms with Crippen molar-refractivity contribution in [2.24, 2.45) is 5.92 Å². The topological polar surface area (TPSA) is 0 Å². The molecule has 0 atom stereocenters. The first-order valence-corrected chi connectivity index (χ1v) is 12.3. The van der Waals surface area contributed by atoms with Crippen molar-refractivity contribution in [1.29, 1.82) is 0 Å². The Morgan fingerprint density at radius 3 is 2.11 bits per heavy atom. The normalized spacial score (nSPS) is 19.0. The van der Waals surface area contributed by atoms with E-state index in [0.717, 1.165) is 30.4 Å². The molecule has 0 fully saturated rings. The third kappa shape index (κ3) is 6.74. The Balaban J connectivity index is 2.17. The zero-order valence-corrected chi connectivity index (χ0v) is 17.7. The number of unbranched alkanes of at least 4 members (excludes halogenated alkanes) is 6. The Hall–Kier alpha value is -1.16. The van der Waals surface area contributed by atoms with Crippen LogP contribution in [0.4, 0.5) is 13.2 Å². The molecule has 2 aliphatic carbocycles. The molecule has 0 unspecified atom stereocenters. The van der Waals surface area contributed by atoms with Gasteiger partial charge in [-0.3, -0.25) is 0 Å². The highest BCUT2D eigenvalue weighted by Gasteiger charge is 2.38. The van der Waals surface area contributed by atoms with Crippen LogP contribution in [0.2, 0.25) is 6.04 Å². The Bertz CT molecular complexity index is 620. The SMILES string of the molecule is CCCCCCCCC1=CC(=[Si](CCCC)C(F)(F)F)C(C2C=CC=C2)=C1. The zero-order valence-electron chi connectivity index (χ0n) is 16.7. The molecular weight excluding hydrogens is 361 g/mol. The van der Waals surface area contributed by atoms with Gasteiger partial charge in [0, 0.05) is 5.92 Å². The van der Waals surface area contributed by atoms with E-state index in [-0.39, 0.29) is 12.0 Å². The molecule has 0 amide bonds. The van der Waals surface area contributed by atoms with Crippen molar-refractivity contribution in [3.63, 3.8) is 0 Å². The molecular formula is C23H33F3Si. The van der Waals surface area contributed by atoms with Crippen LogP contribution in [0.5, 0.6) is 0 Å². The third-order valence-corrected chi connectivity index (χ3v) is 7.98. The number of hydrogen-bond donors (Lipinski definition) is 0. The second-order valence-corrected chi connectivity index (χ2v) is 10.2. The van der Waals surface area contributed by atoms with Crippen molar-refractivity contribution in [1.82, 2.24) is 0 Å². The summed E-state index contributed by atoms with van der Waals surface area (Å²) in [4.78, 5) is 0. The quantitative estimate of drug-likeness (QED) is 0.251. The van der Waals surface area contributed by atoms with E-state index in [9.17, 15) is 13.2 Å². The van der Waals surface area contributed by atoms with Crippen molar-refractivity contribution < 1.29 is 13.2 Å². The molecule has 0 aromatic heterocycles. The summed E-state index contributed by atoms with van der Waals surface area (Å²) in [5.74, 6) is -4.06. The fraction of sp³-hybridized carbons (Fsp3) is 0.609. The van der Waals surface area contributed by atoms with E-state index < -0.39 is 14.2 Å². The van der Waals surface area contributed by atoms with Crippen LogP contribution in [0.15, 0.2) is 47.6 Å². The molecule has 0 N–H and O–H groups in total.